The van der Waals surface area contributed by atoms with E-state index in [9.17, 15) is 18.4 Å². The molecule has 2 N–H and O–H groups in total. The molecule has 1 aromatic heterocycles. The molecule has 5 rings (SSSR count). The van der Waals surface area contributed by atoms with Crippen LogP contribution in [0, 0.1) is 11.6 Å². The summed E-state index contributed by atoms with van der Waals surface area (Å²) in [5.41, 5.74) is 2.26. The van der Waals surface area contributed by atoms with Crippen LogP contribution in [0.1, 0.15) is 10.4 Å². The van der Waals surface area contributed by atoms with E-state index >= 15 is 0 Å². The summed E-state index contributed by atoms with van der Waals surface area (Å²) in [5.74, 6) is -1.17. The van der Waals surface area contributed by atoms with Gasteiger partial charge >= 0.3 is 0 Å². The highest BCUT2D eigenvalue weighted by Crippen LogP contribution is 2.29. The van der Waals surface area contributed by atoms with Crippen molar-refractivity contribution in [3.05, 3.63) is 114 Å². The normalized spacial score (nSPS) is 10.7. The summed E-state index contributed by atoms with van der Waals surface area (Å²) >= 11 is 1.05. The zero-order valence-electron chi connectivity index (χ0n) is 21.7. The van der Waals surface area contributed by atoms with Crippen LogP contribution < -0.4 is 15.4 Å². The van der Waals surface area contributed by atoms with E-state index in [1.54, 1.807) is 67.8 Å². The fraction of sp³-hybridized carbons (Fsp3) is 0.0667. The fourth-order valence-corrected chi connectivity index (χ4v) is 4.67. The molecule has 0 aliphatic carbocycles. The molecule has 0 saturated heterocycles. The fourth-order valence-electron chi connectivity index (χ4n) is 3.93. The number of hydrogen-bond donors (Lipinski definition) is 2. The second-order valence-electron chi connectivity index (χ2n) is 8.70. The van der Waals surface area contributed by atoms with Gasteiger partial charge in [0.1, 0.15) is 17.4 Å². The number of carbonyl (C=O) groups excluding carboxylic acids is 2. The zero-order chi connectivity index (χ0) is 28.8. The SMILES string of the molecule is COc1ccc(NC(=O)c2ccc(NC(=O)CSc3nnc(-c4ccccc4)n3-c3ccc(F)cc3F)cc2)cc1. The topological polar surface area (TPSA) is 98.1 Å². The van der Waals surface area contributed by atoms with Crippen LogP contribution in [0.2, 0.25) is 0 Å². The number of carbonyl (C=O) groups is 2. The Morgan fingerprint density at radius 1 is 0.854 bits per heavy atom. The Kier molecular flexibility index (Phi) is 8.35. The molecule has 1 heterocycles. The molecular weight excluding hydrogens is 548 g/mol. The first-order valence-electron chi connectivity index (χ1n) is 12.4. The third kappa shape index (κ3) is 6.59. The highest BCUT2D eigenvalue weighted by Gasteiger charge is 2.20. The van der Waals surface area contributed by atoms with Crippen LogP contribution in [0.15, 0.2) is 102 Å². The first-order chi connectivity index (χ1) is 19.9. The molecule has 0 fully saturated rings. The van der Waals surface area contributed by atoms with Gasteiger partial charge in [-0.25, -0.2) is 8.78 Å². The van der Waals surface area contributed by atoms with Crippen LogP contribution in [0.4, 0.5) is 20.2 Å². The van der Waals surface area contributed by atoms with Crippen molar-refractivity contribution in [2.24, 2.45) is 0 Å². The van der Waals surface area contributed by atoms with Crippen molar-refractivity contribution in [1.29, 1.82) is 0 Å². The van der Waals surface area contributed by atoms with E-state index in [4.69, 9.17) is 4.74 Å². The Hall–Kier alpha value is -5.03. The monoisotopic (exact) mass is 571 g/mol. The second-order valence-corrected chi connectivity index (χ2v) is 9.64. The molecule has 0 unspecified atom stereocenters. The summed E-state index contributed by atoms with van der Waals surface area (Å²) in [4.78, 5) is 25.3. The molecule has 0 saturated carbocycles. The van der Waals surface area contributed by atoms with Gasteiger partial charge in [0.25, 0.3) is 5.91 Å². The van der Waals surface area contributed by atoms with E-state index in [1.165, 1.54) is 10.6 Å². The molecular formula is C30H23F2N5O3S. The maximum atomic E-state index is 14.8. The second kappa shape index (κ2) is 12.4. The maximum Gasteiger partial charge on any atom is 0.255 e. The Bertz CT molecular complexity index is 1680. The van der Waals surface area contributed by atoms with Crippen molar-refractivity contribution in [3.8, 4) is 22.8 Å². The Labute approximate surface area is 238 Å². The number of rotatable bonds is 9. The number of halogens is 2. The minimum Gasteiger partial charge on any atom is -0.497 e. The lowest BCUT2D eigenvalue weighted by molar-refractivity contribution is -0.113. The number of anilines is 2. The van der Waals surface area contributed by atoms with E-state index in [0.29, 0.717) is 34.1 Å². The van der Waals surface area contributed by atoms with Crippen molar-refractivity contribution in [1.82, 2.24) is 14.8 Å². The molecule has 0 spiro atoms. The molecule has 0 aliphatic rings. The molecule has 0 aliphatic heterocycles. The average molecular weight is 572 g/mol. The highest BCUT2D eigenvalue weighted by molar-refractivity contribution is 7.99. The standard InChI is InChI=1S/C30H23F2N5O3S/c1-40-24-14-12-23(13-15-24)34-29(39)20-7-10-22(11-8-20)33-27(38)18-41-30-36-35-28(19-5-3-2-4-6-19)37(30)26-16-9-21(31)17-25(26)32/h2-17H,18H2,1H3,(H,33,38)(H,34,39). The van der Waals surface area contributed by atoms with Gasteiger partial charge in [-0.2, -0.15) is 0 Å². The predicted octanol–water partition coefficient (Wildman–Crippen LogP) is 6.20. The van der Waals surface area contributed by atoms with Crippen LogP contribution in [-0.2, 0) is 4.79 Å². The Morgan fingerprint density at radius 2 is 1.54 bits per heavy atom. The van der Waals surface area contributed by atoms with Gasteiger partial charge in [0.2, 0.25) is 5.91 Å². The summed E-state index contributed by atoms with van der Waals surface area (Å²) in [6, 6.07) is 25.7. The van der Waals surface area contributed by atoms with Crippen LogP contribution in [0.25, 0.3) is 17.1 Å². The minimum absolute atomic E-state index is 0.0571. The largest absolute Gasteiger partial charge is 0.497 e. The van der Waals surface area contributed by atoms with Crippen LogP contribution in [0.5, 0.6) is 5.75 Å². The smallest absolute Gasteiger partial charge is 0.255 e. The number of nitrogens with zero attached hydrogens (tertiary/aromatic N) is 3. The van der Waals surface area contributed by atoms with Crippen molar-refractivity contribution in [2.45, 2.75) is 5.16 Å². The number of ether oxygens (including phenoxy) is 1. The molecule has 4 aromatic carbocycles. The number of nitrogens with one attached hydrogen (secondary N) is 2. The number of amides is 2. The zero-order valence-corrected chi connectivity index (χ0v) is 22.5. The molecule has 0 bridgehead atoms. The molecule has 5 aromatic rings. The number of thioether (sulfide) groups is 1. The first-order valence-corrected chi connectivity index (χ1v) is 13.3. The van der Waals surface area contributed by atoms with Gasteiger partial charge in [-0.3, -0.25) is 14.2 Å². The summed E-state index contributed by atoms with van der Waals surface area (Å²) in [6.45, 7) is 0. The van der Waals surface area contributed by atoms with E-state index in [1.807, 2.05) is 18.2 Å². The van der Waals surface area contributed by atoms with E-state index < -0.39 is 11.6 Å². The Balaban J connectivity index is 1.25. The van der Waals surface area contributed by atoms with Gasteiger partial charge in [0.15, 0.2) is 11.0 Å². The lowest BCUT2D eigenvalue weighted by Gasteiger charge is -2.12. The third-order valence-corrected chi connectivity index (χ3v) is 6.86. The third-order valence-electron chi connectivity index (χ3n) is 5.93. The average Bonchev–Trinajstić information content (AvgIpc) is 3.41. The van der Waals surface area contributed by atoms with Crippen molar-refractivity contribution < 1.29 is 23.1 Å². The number of benzene rings is 4. The molecule has 2 amide bonds. The van der Waals surface area contributed by atoms with E-state index in [-0.39, 0.29) is 28.4 Å². The maximum absolute atomic E-state index is 14.8. The van der Waals surface area contributed by atoms with Crippen molar-refractivity contribution in [2.75, 3.05) is 23.5 Å². The summed E-state index contributed by atoms with van der Waals surface area (Å²) in [6.07, 6.45) is 0. The Morgan fingerprint density at radius 3 is 2.22 bits per heavy atom. The van der Waals surface area contributed by atoms with Gasteiger partial charge in [-0.05, 0) is 60.7 Å². The highest BCUT2D eigenvalue weighted by atomic mass is 32.2. The van der Waals surface area contributed by atoms with Gasteiger partial charge < -0.3 is 15.4 Å². The van der Waals surface area contributed by atoms with E-state index in [2.05, 4.69) is 20.8 Å². The van der Waals surface area contributed by atoms with Crippen LogP contribution >= 0.6 is 11.8 Å². The minimum atomic E-state index is -0.788. The number of aromatic nitrogens is 3. The molecule has 8 nitrogen and oxygen atoms in total. The van der Waals surface area contributed by atoms with Gasteiger partial charge in [-0.1, -0.05) is 42.1 Å². The van der Waals surface area contributed by atoms with Crippen molar-refractivity contribution >= 4 is 35.0 Å². The summed E-state index contributed by atoms with van der Waals surface area (Å²) in [5, 5.41) is 14.2. The van der Waals surface area contributed by atoms with Crippen LogP contribution in [0.3, 0.4) is 0 Å². The number of hydrogen-bond acceptors (Lipinski definition) is 6. The summed E-state index contributed by atoms with van der Waals surface area (Å²) < 4.78 is 35.0. The van der Waals surface area contributed by atoms with E-state index in [0.717, 1.165) is 23.9 Å². The van der Waals surface area contributed by atoms with Gasteiger partial charge in [0, 0.05) is 28.6 Å². The van der Waals surface area contributed by atoms with Gasteiger partial charge in [0.05, 0.1) is 18.6 Å². The van der Waals surface area contributed by atoms with Crippen molar-refractivity contribution in [3.63, 3.8) is 0 Å². The quantitative estimate of drug-likeness (QED) is 0.204. The lowest BCUT2D eigenvalue weighted by Crippen LogP contribution is -2.15. The molecule has 0 atom stereocenters. The molecule has 41 heavy (non-hydrogen) atoms. The molecule has 0 radical (unpaired) electrons. The summed E-state index contributed by atoms with van der Waals surface area (Å²) in [7, 11) is 1.56. The first kappa shape index (κ1) is 27.5. The van der Waals surface area contributed by atoms with Gasteiger partial charge in [-0.15, -0.1) is 10.2 Å². The molecule has 11 heteroatoms. The van der Waals surface area contributed by atoms with Crippen LogP contribution in [-0.4, -0.2) is 39.4 Å². The lowest BCUT2D eigenvalue weighted by atomic mass is 10.2. The number of methoxy groups -OCH3 is 1. The predicted molar refractivity (Wildman–Crippen MR) is 153 cm³/mol. The molecule has 206 valence electrons.